The molecule has 0 amide bonds. The van der Waals surface area contributed by atoms with E-state index >= 15 is 0 Å². The number of hydrogen-bond acceptors (Lipinski definition) is 3. The van der Waals surface area contributed by atoms with Crippen LogP contribution in [0.25, 0.3) is 0 Å². The number of halogens is 1. The second-order valence-electron chi connectivity index (χ2n) is 3.47. The topological polar surface area (TPSA) is 38.7 Å². The van der Waals surface area contributed by atoms with E-state index in [0.717, 1.165) is 0 Å². The first-order valence-corrected chi connectivity index (χ1v) is 3.86. The summed E-state index contributed by atoms with van der Waals surface area (Å²) in [6.45, 7) is 3.30. The third kappa shape index (κ3) is 2.60. The molecule has 0 saturated heterocycles. The van der Waals surface area contributed by atoms with Crippen molar-refractivity contribution in [3.8, 4) is 0 Å². The molecule has 1 aliphatic heterocycles. The van der Waals surface area contributed by atoms with Crippen LogP contribution >= 0.6 is 0 Å². The highest BCUT2D eigenvalue weighted by Crippen LogP contribution is 2.20. The van der Waals surface area contributed by atoms with Crippen LogP contribution in [0.1, 0.15) is 20.3 Å². The second-order valence-corrected chi connectivity index (χ2v) is 3.47. The van der Waals surface area contributed by atoms with Crippen molar-refractivity contribution in [1.82, 2.24) is 0 Å². The zero-order valence-corrected chi connectivity index (χ0v) is 7.21. The Bertz CT molecular complexity index is 208. The molecule has 0 saturated carbocycles. The Labute approximate surface area is 70.6 Å². The molecule has 0 spiro atoms. The minimum Gasteiger partial charge on any atom is -0.473 e. The summed E-state index contributed by atoms with van der Waals surface area (Å²) >= 11 is 0. The molecule has 0 N–H and O–H groups in total. The quantitative estimate of drug-likeness (QED) is 0.600. The lowest BCUT2D eigenvalue weighted by Crippen LogP contribution is -2.21. The van der Waals surface area contributed by atoms with Crippen LogP contribution < -0.4 is 0 Å². The molecule has 3 nitrogen and oxygen atoms in total. The molecule has 1 atom stereocenters. The van der Waals surface area contributed by atoms with Gasteiger partial charge in [0.25, 0.3) is 0 Å². The molecule has 4 heteroatoms. The van der Waals surface area contributed by atoms with Gasteiger partial charge < -0.3 is 4.74 Å². The van der Waals surface area contributed by atoms with Crippen LogP contribution in [0.4, 0.5) is 4.39 Å². The third-order valence-corrected chi connectivity index (χ3v) is 1.56. The molecule has 1 rings (SSSR count). The van der Waals surface area contributed by atoms with Crippen molar-refractivity contribution in [1.29, 1.82) is 0 Å². The molecule has 68 valence electrons. The van der Waals surface area contributed by atoms with Crippen molar-refractivity contribution in [2.24, 2.45) is 4.99 Å². The summed E-state index contributed by atoms with van der Waals surface area (Å²) in [5.41, 5.74) is -1.25. The minimum absolute atomic E-state index is 0.0873. The van der Waals surface area contributed by atoms with Crippen LogP contribution in [0.2, 0.25) is 0 Å². The Kier molecular flexibility index (Phi) is 2.45. The Morgan fingerprint density at radius 3 is 2.92 bits per heavy atom. The molecule has 1 aliphatic rings. The van der Waals surface area contributed by atoms with Gasteiger partial charge in [-0.3, -0.25) is 4.79 Å². The van der Waals surface area contributed by atoms with Crippen molar-refractivity contribution in [3.05, 3.63) is 0 Å². The molecule has 0 aromatic carbocycles. The Hall–Kier alpha value is -0.930. The lowest BCUT2D eigenvalue weighted by atomic mass is 10.0. The van der Waals surface area contributed by atoms with Crippen LogP contribution in [0.5, 0.6) is 0 Å². The predicted octanol–water partition coefficient (Wildman–Crippen LogP) is 1.12. The fourth-order valence-corrected chi connectivity index (χ4v) is 1.17. The number of aliphatic imine (C=N–C) groups is 1. The fourth-order valence-electron chi connectivity index (χ4n) is 1.17. The van der Waals surface area contributed by atoms with Gasteiger partial charge in [0, 0.05) is 6.42 Å². The third-order valence-electron chi connectivity index (χ3n) is 1.56. The first-order valence-electron chi connectivity index (χ1n) is 3.86. The van der Waals surface area contributed by atoms with Crippen LogP contribution in [0.3, 0.4) is 0 Å². The number of nitrogens with zero attached hydrogens (tertiary/aromatic N) is 1. The molecule has 12 heavy (non-hydrogen) atoms. The SMILES string of the molecule is CC(C)(F)C[C@H]1COC(C=O)=N1. The van der Waals surface area contributed by atoms with E-state index in [-0.39, 0.29) is 11.9 Å². The maximum atomic E-state index is 13.1. The number of aldehydes is 1. The van der Waals surface area contributed by atoms with Gasteiger partial charge in [0.2, 0.25) is 12.2 Å². The zero-order valence-electron chi connectivity index (χ0n) is 7.21. The number of hydrogen-bond donors (Lipinski definition) is 0. The van der Waals surface area contributed by atoms with Crippen molar-refractivity contribution >= 4 is 12.2 Å². The van der Waals surface area contributed by atoms with E-state index in [1.165, 1.54) is 13.8 Å². The summed E-state index contributed by atoms with van der Waals surface area (Å²) in [7, 11) is 0. The summed E-state index contributed by atoms with van der Waals surface area (Å²) in [6.07, 6.45) is 0.843. The highest BCUT2D eigenvalue weighted by molar-refractivity contribution is 6.24. The highest BCUT2D eigenvalue weighted by atomic mass is 19.1. The summed E-state index contributed by atoms with van der Waals surface area (Å²) in [6, 6.07) is -0.204. The van der Waals surface area contributed by atoms with Crippen LogP contribution in [0.15, 0.2) is 4.99 Å². The van der Waals surface area contributed by atoms with E-state index < -0.39 is 5.67 Å². The van der Waals surface area contributed by atoms with Gasteiger partial charge in [-0.2, -0.15) is 0 Å². The first kappa shape index (κ1) is 9.16. The number of carbonyl (C=O) groups is 1. The maximum absolute atomic E-state index is 13.1. The van der Waals surface area contributed by atoms with Gasteiger partial charge >= 0.3 is 0 Å². The molecule has 0 bridgehead atoms. The monoisotopic (exact) mass is 173 g/mol. The Balaban J connectivity index is 2.47. The van der Waals surface area contributed by atoms with E-state index in [1.54, 1.807) is 0 Å². The summed E-state index contributed by atoms with van der Waals surface area (Å²) in [5, 5.41) is 0. The second kappa shape index (κ2) is 3.21. The van der Waals surface area contributed by atoms with E-state index in [4.69, 9.17) is 4.74 Å². The predicted molar refractivity (Wildman–Crippen MR) is 43.0 cm³/mol. The standard InChI is InChI=1S/C8H12FNO2/c1-8(2,9)3-6-5-12-7(4-11)10-6/h4,6H,3,5H2,1-2H3/t6-/m0/s1. The minimum atomic E-state index is -1.25. The van der Waals surface area contributed by atoms with Crippen molar-refractivity contribution in [2.45, 2.75) is 32.0 Å². The lowest BCUT2D eigenvalue weighted by Gasteiger charge is -2.15. The number of carbonyl (C=O) groups excluding carboxylic acids is 1. The van der Waals surface area contributed by atoms with Gasteiger partial charge in [0.05, 0.1) is 6.04 Å². The number of rotatable bonds is 3. The highest BCUT2D eigenvalue weighted by Gasteiger charge is 2.26. The normalized spacial score (nSPS) is 23.2. The average molecular weight is 173 g/mol. The number of alkyl halides is 1. The molecule has 0 unspecified atom stereocenters. The summed E-state index contributed by atoms with van der Waals surface area (Å²) in [4.78, 5) is 14.0. The van der Waals surface area contributed by atoms with Crippen molar-refractivity contribution < 1.29 is 13.9 Å². The van der Waals surface area contributed by atoms with Crippen molar-refractivity contribution in [2.75, 3.05) is 6.61 Å². The number of ether oxygens (including phenoxy) is 1. The molecule has 0 aromatic heterocycles. The Morgan fingerprint density at radius 2 is 2.50 bits per heavy atom. The maximum Gasteiger partial charge on any atom is 0.250 e. The Morgan fingerprint density at radius 1 is 1.83 bits per heavy atom. The summed E-state index contributed by atoms with van der Waals surface area (Å²) < 4.78 is 17.9. The van der Waals surface area contributed by atoms with Gasteiger partial charge in [0.15, 0.2) is 0 Å². The van der Waals surface area contributed by atoms with Gasteiger partial charge in [-0.25, -0.2) is 9.38 Å². The summed E-state index contributed by atoms with van der Waals surface area (Å²) in [5.74, 6) is 0.0873. The van der Waals surface area contributed by atoms with Gasteiger partial charge in [-0.15, -0.1) is 0 Å². The van der Waals surface area contributed by atoms with Gasteiger partial charge in [0.1, 0.15) is 12.3 Å². The molecule has 0 aliphatic carbocycles. The van der Waals surface area contributed by atoms with E-state index in [0.29, 0.717) is 19.3 Å². The molecule has 0 fully saturated rings. The first-order chi connectivity index (χ1) is 5.51. The van der Waals surface area contributed by atoms with Crippen LogP contribution in [0, 0.1) is 0 Å². The lowest BCUT2D eigenvalue weighted by molar-refractivity contribution is -0.103. The largest absolute Gasteiger partial charge is 0.473 e. The van der Waals surface area contributed by atoms with E-state index in [2.05, 4.69) is 4.99 Å². The van der Waals surface area contributed by atoms with Crippen LogP contribution in [-0.2, 0) is 9.53 Å². The van der Waals surface area contributed by atoms with Crippen molar-refractivity contribution in [3.63, 3.8) is 0 Å². The molecule has 1 heterocycles. The van der Waals surface area contributed by atoms with E-state index in [1.807, 2.05) is 0 Å². The fraction of sp³-hybridized carbons (Fsp3) is 0.750. The van der Waals surface area contributed by atoms with Crippen LogP contribution in [-0.4, -0.2) is 30.5 Å². The molecule has 0 radical (unpaired) electrons. The average Bonchev–Trinajstić information content (AvgIpc) is 2.32. The zero-order chi connectivity index (χ0) is 9.19. The van der Waals surface area contributed by atoms with Gasteiger partial charge in [-0.1, -0.05) is 0 Å². The smallest absolute Gasteiger partial charge is 0.250 e. The molecule has 0 aromatic rings. The van der Waals surface area contributed by atoms with E-state index in [9.17, 15) is 9.18 Å². The molecular formula is C8H12FNO2. The molecular weight excluding hydrogens is 161 g/mol. The van der Waals surface area contributed by atoms with Gasteiger partial charge in [-0.05, 0) is 13.8 Å².